The molecule has 2 aromatic heterocycles. The largest absolute Gasteiger partial charge is 0.487 e. The van der Waals surface area contributed by atoms with E-state index in [9.17, 15) is 19.2 Å². The van der Waals surface area contributed by atoms with Crippen molar-refractivity contribution in [2.45, 2.75) is 106 Å². The van der Waals surface area contributed by atoms with Crippen molar-refractivity contribution >= 4 is 78.5 Å². The Hall–Kier alpha value is -9.98. The summed E-state index contributed by atoms with van der Waals surface area (Å²) in [5, 5.41) is 10.9. The molecule has 0 saturated carbocycles. The Morgan fingerprint density at radius 2 is 0.663 bits per heavy atom. The van der Waals surface area contributed by atoms with Crippen LogP contribution in [0.25, 0.3) is 43.6 Å². The van der Waals surface area contributed by atoms with E-state index >= 15 is 35.1 Å². The molecule has 2 heterocycles. The van der Waals surface area contributed by atoms with Gasteiger partial charge in [0.1, 0.15) is 22.9 Å². The van der Waals surface area contributed by atoms with E-state index in [1.807, 2.05) is 101 Å². The van der Waals surface area contributed by atoms with Crippen LogP contribution in [0.1, 0.15) is 115 Å². The molecule has 0 saturated heterocycles. The molecule has 10 aromatic rings. The molecule has 0 fully saturated rings. The Kier molecular flexibility index (Phi) is 17.7. The van der Waals surface area contributed by atoms with E-state index in [1.165, 1.54) is 24.3 Å². The summed E-state index contributed by atoms with van der Waals surface area (Å²) >= 11 is 0. The van der Waals surface area contributed by atoms with Crippen molar-refractivity contribution in [2.75, 3.05) is 13.2 Å². The van der Waals surface area contributed by atoms with Gasteiger partial charge in [0.15, 0.2) is 24.8 Å². The second-order valence-corrected chi connectivity index (χ2v) is 22.9. The lowest BCUT2D eigenvalue weighted by atomic mass is 9.92. The van der Waals surface area contributed by atoms with Crippen LogP contribution in [0.4, 0.5) is 35.1 Å². The molecular formula is C72H62F8N4O8. The molecule has 0 aliphatic carbocycles. The van der Waals surface area contributed by atoms with Crippen molar-refractivity contribution in [2.24, 2.45) is 10.3 Å². The zero-order chi connectivity index (χ0) is 66.5. The smallest absolute Gasteiger partial charge is 0.381 e. The monoisotopic (exact) mass is 1260 g/mol. The topological polar surface area (TPSA) is 140 Å². The summed E-state index contributed by atoms with van der Waals surface area (Å²) in [6.45, 7) is 13.6. The van der Waals surface area contributed by atoms with Crippen LogP contribution in [0.2, 0.25) is 0 Å². The van der Waals surface area contributed by atoms with Crippen LogP contribution in [0.15, 0.2) is 156 Å². The maximum absolute atomic E-state index is 15.4. The normalized spacial score (nSPS) is 12.7. The number of hydrogen-bond donors (Lipinski definition) is 0. The van der Waals surface area contributed by atoms with Crippen molar-refractivity contribution in [1.29, 1.82) is 0 Å². The number of halogens is 8. The number of hydrogen-bond acceptors (Lipinski definition) is 10. The molecule has 8 aromatic carbocycles. The Morgan fingerprint density at radius 1 is 0.391 bits per heavy atom. The summed E-state index contributed by atoms with van der Waals surface area (Å²) in [6, 6.07) is 38.0. The van der Waals surface area contributed by atoms with Crippen molar-refractivity contribution in [3.8, 4) is 11.5 Å². The highest BCUT2D eigenvalue weighted by Gasteiger charge is 2.81. The maximum Gasteiger partial charge on any atom is 0.381 e. The zero-order valence-corrected chi connectivity index (χ0v) is 51.8. The average molecular weight is 1260 g/mol. The first-order chi connectivity index (χ1) is 43.5. The van der Waals surface area contributed by atoms with Gasteiger partial charge in [-0.1, -0.05) is 57.8 Å². The first-order valence-electron chi connectivity index (χ1n) is 29.3. The minimum absolute atomic E-state index is 0.0269. The average Bonchev–Trinajstić information content (AvgIpc) is 1.28. The quantitative estimate of drug-likeness (QED) is 0.0228. The molecule has 92 heavy (non-hydrogen) atoms. The molecule has 12 nitrogen and oxygen atoms in total. The lowest BCUT2D eigenvalue weighted by molar-refractivity contribution is -0.371. The lowest BCUT2D eigenvalue weighted by Gasteiger charge is -2.36. The van der Waals surface area contributed by atoms with E-state index in [4.69, 9.17) is 19.1 Å². The van der Waals surface area contributed by atoms with Gasteiger partial charge in [-0.15, -0.1) is 0 Å². The number of rotatable bonds is 21. The van der Waals surface area contributed by atoms with Crippen molar-refractivity contribution in [3.63, 3.8) is 0 Å². The van der Waals surface area contributed by atoms with E-state index in [0.29, 0.717) is 68.0 Å². The molecule has 0 bridgehead atoms. The third-order valence-corrected chi connectivity index (χ3v) is 16.2. The van der Waals surface area contributed by atoms with Crippen molar-refractivity contribution < 1.29 is 73.5 Å². The second kappa shape index (κ2) is 25.0. The molecule has 0 N–H and O–H groups in total. The van der Waals surface area contributed by atoms with E-state index in [-0.39, 0.29) is 34.1 Å². The predicted molar refractivity (Wildman–Crippen MR) is 337 cm³/mol. The van der Waals surface area contributed by atoms with Gasteiger partial charge in [0.05, 0.1) is 0 Å². The standard InChI is InChI=1S/C72H62F8N4O8/c1-11-83-59-25-17-49(33-55(59)57-35-51(19-27-61(57)83)67(87)63-41(5)29-39(3)30-42(63)6)65(81-91-45(9)85)47-13-21-53(22-14-47)89-37-69(73,74)71(77,78)72(79,80)70(75,76)38-90-54-23-15-48(16-24-54)66(82-92-46(10)86)50-18-26-60-56(34-50)58-36-52(20-28-62(58)84(60)12-2)68(88)64-43(7)31-40(4)32-44(64)8/h13-36H,11-12,37-38H2,1-10H3. The highest BCUT2D eigenvalue weighted by Crippen LogP contribution is 2.53. The third kappa shape index (κ3) is 12.1. The first kappa shape index (κ1) is 65.0. The Labute approximate surface area is 523 Å². The molecule has 0 unspecified atom stereocenters. The number of oxime groups is 2. The number of ketones is 2. The van der Waals surface area contributed by atoms with Gasteiger partial charge in [-0.25, -0.2) is 9.59 Å². The number of aromatic nitrogens is 2. The van der Waals surface area contributed by atoms with Crippen LogP contribution < -0.4 is 9.47 Å². The fraction of sp³-hybridized carbons (Fsp3) is 0.250. The van der Waals surface area contributed by atoms with Crippen LogP contribution in [0.3, 0.4) is 0 Å². The molecule has 0 aliphatic heterocycles. The summed E-state index contributed by atoms with van der Waals surface area (Å²) in [6.07, 6.45) is 0. The highest BCUT2D eigenvalue weighted by atomic mass is 19.4. The van der Waals surface area contributed by atoms with Crippen LogP contribution in [0, 0.1) is 41.5 Å². The van der Waals surface area contributed by atoms with E-state index in [0.717, 1.165) is 93.6 Å². The fourth-order valence-electron chi connectivity index (χ4n) is 12.0. The molecule has 0 amide bonds. The number of aryl methyl sites for hydroxylation is 8. The van der Waals surface area contributed by atoms with Gasteiger partial charge in [0.2, 0.25) is 0 Å². The molecule has 0 atom stereocenters. The molecular weight excluding hydrogens is 1200 g/mol. The van der Waals surface area contributed by atoms with Gasteiger partial charge in [-0.3, -0.25) is 9.59 Å². The molecule has 0 spiro atoms. The Bertz CT molecular complexity index is 4340. The summed E-state index contributed by atoms with van der Waals surface area (Å²) in [7, 11) is 0. The van der Waals surface area contributed by atoms with Gasteiger partial charge in [0, 0.05) is 115 Å². The number of carbonyl (C=O) groups is 4. The molecule has 0 aliphatic rings. The summed E-state index contributed by atoms with van der Waals surface area (Å²) in [5.74, 6) is -28.4. The van der Waals surface area contributed by atoms with E-state index < -0.39 is 60.3 Å². The van der Waals surface area contributed by atoms with Crippen molar-refractivity contribution in [3.05, 3.63) is 223 Å². The zero-order valence-electron chi connectivity index (χ0n) is 51.8. The van der Waals surface area contributed by atoms with Crippen LogP contribution in [-0.2, 0) is 32.4 Å². The van der Waals surface area contributed by atoms with Gasteiger partial charge in [0.25, 0.3) is 0 Å². The summed E-state index contributed by atoms with van der Waals surface area (Å²) < 4.78 is 137. The Morgan fingerprint density at radius 3 is 0.946 bits per heavy atom. The predicted octanol–water partition coefficient (Wildman–Crippen LogP) is 16.9. The molecule has 474 valence electrons. The van der Waals surface area contributed by atoms with Gasteiger partial charge < -0.3 is 28.3 Å². The van der Waals surface area contributed by atoms with Crippen LogP contribution in [-0.4, -0.2) is 81.0 Å². The number of carbonyl (C=O) groups excluding carboxylic acids is 4. The van der Waals surface area contributed by atoms with Crippen LogP contribution in [0.5, 0.6) is 11.5 Å². The number of ether oxygens (including phenoxy) is 2. The van der Waals surface area contributed by atoms with E-state index in [2.05, 4.69) is 10.3 Å². The van der Waals surface area contributed by atoms with Gasteiger partial charge in [-0.05, 0) is 187 Å². The van der Waals surface area contributed by atoms with Gasteiger partial charge >= 0.3 is 35.6 Å². The Balaban J connectivity index is 0.842. The lowest BCUT2D eigenvalue weighted by Crippen LogP contribution is -2.65. The number of benzene rings is 8. The summed E-state index contributed by atoms with van der Waals surface area (Å²) in [4.78, 5) is 62.2. The number of alkyl halides is 8. The van der Waals surface area contributed by atoms with Gasteiger partial charge in [-0.2, -0.15) is 35.1 Å². The second-order valence-electron chi connectivity index (χ2n) is 22.9. The molecule has 0 radical (unpaired) electrons. The third-order valence-electron chi connectivity index (χ3n) is 16.2. The van der Waals surface area contributed by atoms with Crippen LogP contribution >= 0.6 is 0 Å². The number of fused-ring (bicyclic) bond motifs is 6. The number of nitrogens with zero attached hydrogens (tertiary/aromatic N) is 4. The van der Waals surface area contributed by atoms with E-state index in [1.54, 1.807) is 60.7 Å². The molecule has 20 heteroatoms. The maximum atomic E-state index is 15.4. The highest BCUT2D eigenvalue weighted by molar-refractivity contribution is 6.20. The minimum atomic E-state index is -6.73. The summed E-state index contributed by atoms with van der Waals surface area (Å²) in [5.41, 5.74) is 11.7. The van der Waals surface area contributed by atoms with Crippen molar-refractivity contribution in [1.82, 2.24) is 9.13 Å². The minimum Gasteiger partial charge on any atom is -0.487 e. The SMILES string of the molecule is CCn1c2ccc(C(=O)c3c(C)cc(C)cc3C)cc2c2cc(C(=NOC(C)=O)c3ccc(OCC(F)(F)C(F)(F)C(F)(F)C(F)(F)COc4ccc(C(=NOC(C)=O)c5ccc6c(c5)c5cc(C(=O)c7c(C)cc(C)cc7C)ccc5n6CC)cc4)cc3)ccc21. The fourth-order valence-corrected chi connectivity index (χ4v) is 12.0. The molecule has 10 rings (SSSR count). The first-order valence-corrected chi connectivity index (χ1v) is 29.3.